The van der Waals surface area contributed by atoms with Crippen molar-refractivity contribution in [2.24, 2.45) is 0 Å². The number of hydrogen-bond donors (Lipinski definition) is 1. The largest absolute Gasteiger partial charge is 0.374 e. The summed E-state index contributed by atoms with van der Waals surface area (Å²) in [4.78, 5) is 12.2. The highest BCUT2D eigenvalue weighted by molar-refractivity contribution is 7.18. The molecule has 0 aromatic carbocycles. The predicted molar refractivity (Wildman–Crippen MR) is 71.6 cm³/mol. The zero-order valence-corrected chi connectivity index (χ0v) is 11.4. The van der Waals surface area contributed by atoms with Crippen LogP contribution < -0.4 is 11.3 Å². The van der Waals surface area contributed by atoms with Gasteiger partial charge in [0.2, 0.25) is 5.13 Å². The van der Waals surface area contributed by atoms with Crippen LogP contribution in [0.4, 0.5) is 5.13 Å². The van der Waals surface area contributed by atoms with Crippen LogP contribution in [0.3, 0.4) is 0 Å². The average molecular weight is 265 g/mol. The molecule has 2 aromatic rings. The molecule has 0 aliphatic rings. The Morgan fingerprint density at radius 3 is 2.67 bits per heavy atom. The first kappa shape index (κ1) is 12.7. The molecule has 0 bridgehead atoms. The summed E-state index contributed by atoms with van der Waals surface area (Å²) in [5.74, 6) is 0.243. The molecule has 0 aliphatic heterocycles. The number of nitrogens with two attached hydrogens (primary N) is 1. The van der Waals surface area contributed by atoms with Crippen LogP contribution in [0, 0.1) is 0 Å². The van der Waals surface area contributed by atoms with E-state index in [0.29, 0.717) is 22.2 Å². The minimum absolute atomic E-state index is 0.155. The Bertz CT molecular complexity index is 616. The van der Waals surface area contributed by atoms with E-state index in [2.05, 4.69) is 15.3 Å². The molecule has 2 N–H and O–H groups in total. The fourth-order valence-electron chi connectivity index (χ4n) is 1.56. The van der Waals surface area contributed by atoms with E-state index in [1.807, 2.05) is 20.8 Å². The van der Waals surface area contributed by atoms with Gasteiger partial charge in [0, 0.05) is 6.54 Å². The highest BCUT2D eigenvalue weighted by Crippen LogP contribution is 2.23. The van der Waals surface area contributed by atoms with E-state index >= 15 is 0 Å². The smallest absolute Gasteiger partial charge is 0.277 e. The van der Waals surface area contributed by atoms with Crippen molar-refractivity contribution in [1.82, 2.24) is 20.0 Å². The van der Waals surface area contributed by atoms with E-state index in [4.69, 9.17) is 5.73 Å². The summed E-state index contributed by atoms with van der Waals surface area (Å²) < 4.78 is 1.45. The van der Waals surface area contributed by atoms with Gasteiger partial charge in [0.1, 0.15) is 0 Å². The van der Waals surface area contributed by atoms with Crippen molar-refractivity contribution < 1.29 is 0 Å². The highest BCUT2D eigenvalue weighted by atomic mass is 32.1. The van der Waals surface area contributed by atoms with E-state index in [9.17, 15) is 4.79 Å². The van der Waals surface area contributed by atoms with Crippen LogP contribution in [-0.4, -0.2) is 20.0 Å². The zero-order chi connectivity index (χ0) is 13.3. The van der Waals surface area contributed by atoms with Crippen molar-refractivity contribution in [3.05, 3.63) is 22.1 Å². The summed E-state index contributed by atoms with van der Waals surface area (Å²) in [5.41, 5.74) is 6.78. The molecular formula is C11H15N5OS. The van der Waals surface area contributed by atoms with Gasteiger partial charge in [-0.1, -0.05) is 25.2 Å². The number of anilines is 1. The summed E-state index contributed by atoms with van der Waals surface area (Å²) in [6, 6.07) is 1.78. The van der Waals surface area contributed by atoms with Gasteiger partial charge >= 0.3 is 0 Å². The number of nitrogens with zero attached hydrogens (tertiary/aromatic N) is 4. The molecule has 0 unspecified atom stereocenters. The minimum atomic E-state index is -0.155. The molecule has 0 saturated heterocycles. The van der Waals surface area contributed by atoms with E-state index < -0.39 is 0 Å². The van der Waals surface area contributed by atoms with Gasteiger partial charge in [-0.3, -0.25) is 4.79 Å². The molecule has 6 nitrogen and oxygen atoms in total. The third-order valence-electron chi connectivity index (χ3n) is 2.56. The van der Waals surface area contributed by atoms with Crippen LogP contribution in [0.2, 0.25) is 0 Å². The Labute approximate surface area is 108 Å². The highest BCUT2D eigenvalue weighted by Gasteiger charge is 2.15. The van der Waals surface area contributed by atoms with Gasteiger partial charge in [0.05, 0.1) is 11.3 Å². The second kappa shape index (κ2) is 4.85. The maximum Gasteiger partial charge on any atom is 0.277 e. The molecule has 0 spiro atoms. The van der Waals surface area contributed by atoms with E-state index in [-0.39, 0.29) is 11.5 Å². The first-order chi connectivity index (χ1) is 8.52. The van der Waals surface area contributed by atoms with Crippen molar-refractivity contribution in [1.29, 1.82) is 0 Å². The first-order valence-corrected chi connectivity index (χ1v) is 6.56. The third kappa shape index (κ3) is 2.26. The Kier molecular flexibility index (Phi) is 3.42. The monoisotopic (exact) mass is 265 g/mol. The molecule has 0 radical (unpaired) electrons. The van der Waals surface area contributed by atoms with Crippen molar-refractivity contribution in [2.75, 3.05) is 5.73 Å². The number of hydrogen-bond acceptors (Lipinski definition) is 6. The van der Waals surface area contributed by atoms with Crippen LogP contribution in [0.15, 0.2) is 10.9 Å². The maximum absolute atomic E-state index is 12.2. The zero-order valence-electron chi connectivity index (χ0n) is 10.5. The fraction of sp³-hybridized carbons (Fsp3) is 0.455. The third-order valence-corrected chi connectivity index (χ3v) is 3.34. The molecule has 7 heteroatoms. The number of nitrogen functional groups attached to an aromatic ring is 1. The molecule has 2 aromatic heterocycles. The number of rotatable bonds is 3. The van der Waals surface area contributed by atoms with E-state index in [1.54, 1.807) is 6.07 Å². The lowest BCUT2D eigenvalue weighted by Gasteiger charge is -2.09. The van der Waals surface area contributed by atoms with Crippen LogP contribution >= 0.6 is 11.3 Å². The standard InChI is InChI=1S/C11H15N5OS/c1-4-16-10(17)7(5-8(15-16)6(2)3)9-13-14-11(12)18-9/h5-6H,4H2,1-3H3,(H2,12,14). The number of aromatic nitrogens is 4. The van der Waals surface area contributed by atoms with Gasteiger partial charge in [-0.15, -0.1) is 10.2 Å². The Morgan fingerprint density at radius 2 is 2.17 bits per heavy atom. The Hall–Kier alpha value is -1.76. The Morgan fingerprint density at radius 1 is 1.44 bits per heavy atom. The van der Waals surface area contributed by atoms with Gasteiger partial charge in [0.25, 0.3) is 5.56 Å². The molecule has 0 aliphatic carbocycles. The molecule has 2 heterocycles. The minimum Gasteiger partial charge on any atom is -0.374 e. The second-order valence-corrected chi connectivity index (χ2v) is 5.21. The normalized spacial score (nSPS) is 11.1. The lowest BCUT2D eigenvalue weighted by molar-refractivity contribution is 0.587. The van der Waals surface area contributed by atoms with Crippen molar-refractivity contribution >= 4 is 16.5 Å². The van der Waals surface area contributed by atoms with Crippen LogP contribution in [-0.2, 0) is 6.54 Å². The van der Waals surface area contributed by atoms with E-state index in [1.165, 1.54) is 16.0 Å². The lowest BCUT2D eigenvalue weighted by Crippen LogP contribution is -2.25. The van der Waals surface area contributed by atoms with Gasteiger partial charge in [-0.25, -0.2) is 4.68 Å². The van der Waals surface area contributed by atoms with Gasteiger partial charge in [-0.2, -0.15) is 5.10 Å². The summed E-state index contributed by atoms with van der Waals surface area (Å²) in [6.07, 6.45) is 0. The van der Waals surface area contributed by atoms with Gasteiger partial charge in [-0.05, 0) is 18.9 Å². The van der Waals surface area contributed by atoms with E-state index in [0.717, 1.165) is 5.69 Å². The van der Waals surface area contributed by atoms with Gasteiger partial charge in [0.15, 0.2) is 5.01 Å². The van der Waals surface area contributed by atoms with Crippen LogP contribution in [0.25, 0.3) is 10.6 Å². The quantitative estimate of drug-likeness (QED) is 0.908. The SMILES string of the molecule is CCn1nc(C(C)C)cc(-c2nnc(N)s2)c1=O. The number of aryl methyl sites for hydroxylation is 1. The fourth-order valence-corrected chi connectivity index (χ4v) is 2.17. The second-order valence-electron chi connectivity index (χ2n) is 4.20. The van der Waals surface area contributed by atoms with Crippen molar-refractivity contribution in [3.63, 3.8) is 0 Å². The summed E-state index contributed by atoms with van der Waals surface area (Å²) in [5, 5.41) is 12.9. The van der Waals surface area contributed by atoms with Crippen molar-refractivity contribution in [2.45, 2.75) is 33.2 Å². The first-order valence-electron chi connectivity index (χ1n) is 5.74. The molecular weight excluding hydrogens is 250 g/mol. The average Bonchev–Trinajstić information content (AvgIpc) is 2.75. The molecule has 0 atom stereocenters. The van der Waals surface area contributed by atoms with Crippen LogP contribution in [0.5, 0.6) is 0 Å². The lowest BCUT2D eigenvalue weighted by atomic mass is 10.1. The molecule has 18 heavy (non-hydrogen) atoms. The predicted octanol–water partition coefficient (Wildman–Crippen LogP) is 1.49. The van der Waals surface area contributed by atoms with Gasteiger partial charge < -0.3 is 5.73 Å². The molecule has 2 rings (SSSR count). The molecule has 96 valence electrons. The topological polar surface area (TPSA) is 86.7 Å². The summed E-state index contributed by atoms with van der Waals surface area (Å²) in [7, 11) is 0. The van der Waals surface area contributed by atoms with Crippen molar-refractivity contribution in [3.8, 4) is 10.6 Å². The Balaban J connectivity index is 2.65. The molecule has 0 fully saturated rings. The molecule has 0 saturated carbocycles. The summed E-state index contributed by atoms with van der Waals surface area (Å²) in [6.45, 7) is 6.48. The molecule has 0 amide bonds. The summed E-state index contributed by atoms with van der Waals surface area (Å²) >= 11 is 1.21. The maximum atomic E-state index is 12.2. The van der Waals surface area contributed by atoms with Crippen LogP contribution in [0.1, 0.15) is 32.4 Å².